The summed E-state index contributed by atoms with van der Waals surface area (Å²) in [6.07, 6.45) is 29.3. The van der Waals surface area contributed by atoms with Gasteiger partial charge >= 0.3 is 31.7 Å². The number of ether oxygens (including phenoxy) is 8. The lowest BCUT2D eigenvalue weighted by atomic mass is 9.84. The summed E-state index contributed by atoms with van der Waals surface area (Å²) < 4.78 is 73.7. The molecule has 3 aliphatic rings. The molecular weight excluding hydrogens is 1580 g/mol. The molecule has 3 rings (SSSR count). The number of aliphatic hydroxyl groups is 9. The zero-order valence-electron chi connectivity index (χ0n) is 77.4. The molecule has 720 valence electrons. The number of esters is 4. The molecule has 26 heteroatoms. The predicted octanol–water partition coefficient (Wildman–Crippen LogP) is 19.4. The van der Waals surface area contributed by atoms with Gasteiger partial charge in [-0.15, -0.1) is 0 Å². The first-order valence-electron chi connectivity index (χ1n) is 50.1. The zero-order chi connectivity index (χ0) is 89.2. The van der Waals surface area contributed by atoms with Gasteiger partial charge in [-0.1, -0.05) is 395 Å². The highest BCUT2D eigenvalue weighted by molar-refractivity contribution is 7.47. The number of carbonyl (C=O) groups excluding carboxylic acids is 4. The van der Waals surface area contributed by atoms with Crippen molar-refractivity contribution in [3.63, 3.8) is 0 Å². The fourth-order valence-electron chi connectivity index (χ4n) is 17.0. The van der Waals surface area contributed by atoms with Crippen molar-refractivity contribution < 1.29 is 122 Å². The smallest absolute Gasteiger partial charge is 0.463 e. The number of unbranched alkanes of at least 4 members (excludes halogenated alkanes) is 49. The van der Waals surface area contributed by atoms with Gasteiger partial charge in [-0.2, -0.15) is 0 Å². The van der Waals surface area contributed by atoms with Gasteiger partial charge in [-0.05, 0) is 37.5 Å². The second-order valence-corrected chi connectivity index (χ2v) is 38.0. The average molecular weight is 1770 g/mol. The van der Waals surface area contributed by atoms with Crippen LogP contribution in [0, 0.1) is 11.8 Å². The van der Waals surface area contributed by atoms with Crippen LogP contribution in [0.25, 0.3) is 0 Å². The molecule has 1 aliphatic carbocycles. The Labute approximate surface area is 738 Å². The Morgan fingerprint density at radius 3 is 0.975 bits per heavy atom. The number of aliphatic hydroxyl groups excluding tert-OH is 9. The maximum atomic E-state index is 15.0. The molecule has 20 atom stereocenters. The molecule has 0 amide bonds. The molecule has 0 radical (unpaired) electrons. The van der Waals surface area contributed by atoms with Crippen molar-refractivity contribution in [1.82, 2.24) is 0 Å². The third-order valence-electron chi connectivity index (χ3n) is 25.2. The largest absolute Gasteiger partial charge is 0.472 e. The summed E-state index contributed by atoms with van der Waals surface area (Å²) in [6.45, 7) is 10.3. The maximum Gasteiger partial charge on any atom is 0.472 e. The minimum atomic E-state index is -5.81. The molecule has 122 heavy (non-hydrogen) atoms. The van der Waals surface area contributed by atoms with Crippen molar-refractivity contribution >= 4 is 31.7 Å². The van der Waals surface area contributed by atoms with E-state index in [1.807, 2.05) is 0 Å². The monoisotopic (exact) mass is 1770 g/mol. The van der Waals surface area contributed by atoms with Crippen LogP contribution in [0.1, 0.15) is 446 Å². The first-order chi connectivity index (χ1) is 59.0. The summed E-state index contributed by atoms with van der Waals surface area (Å²) in [6, 6.07) is 0. The lowest BCUT2D eigenvalue weighted by Gasteiger charge is -2.50. The Hall–Kier alpha value is -2.53. The second kappa shape index (κ2) is 73.2. The van der Waals surface area contributed by atoms with Gasteiger partial charge in [0.2, 0.25) is 0 Å². The fraction of sp³-hybridized carbons (Fsp3) is 0.958. The number of phosphoric acid groups is 1. The van der Waals surface area contributed by atoms with Crippen LogP contribution in [-0.2, 0) is 70.7 Å². The van der Waals surface area contributed by atoms with Crippen molar-refractivity contribution in [2.45, 2.75) is 550 Å². The minimum absolute atomic E-state index is 0.0195. The molecule has 2 saturated heterocycles. The van der Waals surface area contributed by atoms with Crippen LogP contribution >= 0.6 is 7.82 Å². The molecule has 0 aromatic rings. The minimum Gasteiger partial charge on any atom is -0.463 e. The fourth-order valence-corrected chi connectivity index (χ4v) is 18.0. The van der Waals surface area contributed by atoms with Gasteiger partial charge in [-0.25, -0.2) is 4.57 Å². The third kappa shape index (κ3) is 53.0. The van der Waals surface area contributed by atoms with E-state index in [-0.39, 0.29) is 25.7 Å². The van der Waals surface area contributed by atoms with Crippen molar-refractivity contribution in [3.8, 4) is 0 Å². The van der Waals surface area contributed by atoms with Gasteiger partial charge in [0.15, 0.2) is 24.8 Å². The highest BCUT2D eigenvalue weighted by Crippen LogP contribution is 2.49. The molecule has 0 aromatic heterocycles. The van der Waals surface area contributed by atoms with E-state index in [0.29, 0.717) is 43.9 Å². The van der Waals surface area contributed by atoms with Gasteiger partial charge in [-0.3, -0.25) is 28.2 Å². The van der Waals surface area contributed by atoms with Crippen molar-refractivity contribution in [2.75, 3.05) is 26.4 Å². The Balaban J connectivity index is 1.91. The van der Waals surface area contributed by atoms with Gasteiger partial charge in [0.05, 0.1) is 13.2 Å². The van der Waals surface area contributed by atoms with Gasteiger partial charge in [0.1, 0.15) is 92.6 Å². The van der Waals surface area contributed by atoms with Crippen molar-refractivity contribution in [2.24, 2.45) is 11.8 Å². The molecule has 2 heterocycles. The predicted molar refractivity (Wildman–Crippen MR) is 476 cm³/mol. The maximum absolute atomic E-state index is 15.0. The SMILES string of the molecule is CCCCCCCCCCCCCCCCCCC(=O)OCC1OC(OC2C(OC(=O)CCCCCCCCC(C)CCCCCCCC)C(O)C(O)C(OC3OC(CO)C(O)C(O)C3O)C2OP(=O)(O)OCC(COC(=O)CCCCCCCCC(C)CCCCCCCC)OC(=O)CCCCCCCCCCCCCCCCC)C(O)C(O)C1O. The van der Waals surface area contributed by atoms with Crippen LogP contribution in [0.5, 0.6) is 0 Å². The Morgan fingerprint density at radius 1 is 0.320 bits per heavy atom. The summed E-state index contributed by atoms with van der Waals surface area (Å²) >= 11 is 0. The van der Waals surface area contributed by atoms with Crippen LogP contribution in [0.2, 0.25) is 0 Å². The van der Waals surface area contributed by atoms with Crippen LogP contribution in [0.15, 0.2) is 0 Å². The van der Waals surface area contributed by atoms with Gasteiger partial charge in [0, 0.05) is 25.7 Å². The summed E-state index contributed by atoms with van der Waals surface area (Å²) in [7, 11) is -5.81. The van der Waals surface area contributed by atoms with E-state index in [0.717, 1.165) is 128 Å². The van der Waals surface area contributed by atoms with Gasteiger partial charge < -0.3 is 88.7 Å². The molecule has 0 bridgehead atoms. The van der Waals surface area contributed by atoms with E-state index in [1.54, 1.807) is 0 Å². The summed E-state index contributed by atoms with van der Waals surface area (Å²) in [5, 5.41) is 103. The molecule has 0 spiro atoms. The number of hydrogen-bond acceptors (Lipinski definition) is 24. The van der Waals surface area contributed by atoms with Crippen LogP contribution in [-0.4, -0.2) is 205 Å². The Kier molecular flexibility index (Phi) is 68.2. The molecule has 3 fully saturated rings. The van der Waals surface area contributed by atoms with Crippen LogP contribution in [0.3, 0.4) is 0 Å². The lowest BCUT2D eigenvalue weighted by molar-refractivity contribution is -0.360. The molecular formula is C96H181O25P. The lowest BCUT2D eigenvalue weighted by Crippen LogP contribution is -2.70. The summed E-state index contributed by atoms with van der Waals surface area (Å²) in [5.74, 6) is -1.63. The second-order valence-electron chi connectivity index (χ2n) is 36.6. The number of carbonyl (C=O) groups is 4. The van der Waals surface area contributed by atoms with E-state index < -0.39 is 162 Å². The highest BCUT2D eigenvalue weighted by atomic mass is 31.2. The molecule has 0 aromatic carbocycles. The number of phosphoric ester groups is 1. The Bertz CT molecular complexity index is 2560. The summed E-state index contributed by atoms with van der Waals surface area (Å²) in [5.41, 5.74) is 0. The molecule has 2 aliphatic heterocycles. The standard InChI is InChI=1S/C96H181O25P/c1-7-11-15-19-23-25-27-29-31-33-34-36-38-40-50-59-67-80(99)113-73-78-84(103)86(105)90(109)96(117-78)120-93-91(118-82(101)69-61-53-45-43-49-57-65-75(6)63-55-47-22-18-14-10-4)87(106)88(107)92(119-95-89(108)85(104)83(102)77(70-97)116-95)94(93)121-122(110,111)114-72-76(115-81(100)68-60-52-41-39-37-35-32-30-28-26-24-20-16-12-8-2)71-112-79(98)66-58-51-44-42-48-56-64-74(5)62-54-46-21-17-13-9-3/h74-78,83-97,102-109H,7-73H2,1-6H3,(H,110,111). The van der Waals surface area contributed by atoms with E-state index >= 15 is 0 Å². The van der Waals surface area contributed by atoms with E-state index in [9.17, 15) is 74.6 Å². The van der Waals surface area contributed by atoms with Gasteiger partial charge in [0.25, 0.3) is 0 Å². The van der Waals surface area contributed by atoms with Crippen molar-refractivity contribution in [1.29, 1.82) is 0 Å². The number of rotatable bonds is 81. The van der Waals surface area contributed by atoms with E-state index in [1.165, 1.54) is 218 Å². The van der Waals surface area contributed by atoms with Crippen LogP contribution < -0.4 is 0 Å². The van der Waals surface area contributed by atoms with E-state index in [4.69, 9.17) is 46.9 Å². The highest BCUT2D eigenvalue weighted by Gasteiger charge is 2.60. The normalized spacial score (nSPS) is 25.0. The quantitative estimate of drug-likeness (QED) is 0.0117. The first kappa shape index (κ1) is 114. The Morgan fingerprint density at radius 2 is 0.615 bits per heavy atom. The molecule has 10 N–H and O–H groups in total. The van der Waals surface area contributed by atoms with Crippen LogP contribution in [0.4, 0.5) is 0 Å². The van der Waals surface area contributed by atoms with E-state index in [2.05, 4.69) is 41.5 Å². The molecule has 1 saturated carbocycles. The van der Waals surface area contributed by atoms with Crippen molar-refractivity contribution in [3.05, 3.63) is 0 Å². The molecule has 25 nitrogen and oxygen atoms in total. The topological polar surface area (TPSA) is 380 Å². The number of hydrogen-bond donors (Lipinski definition) is 10. The zero-order valence-corrected chi connectivity index (χ0v) is 78.3. The molecule has 20 unspecified atom stereocenters. The third-order valence-corrected chi connectivity index (χ3v) is 26.1. The first-order valence-corrected chi connectivity index (χ1v) is 51.5. The summed E-state index contributed by atoms with van der Waals surface area (Å²) in [4.78, 5) is 66.8. The average Bonchev–Trinajstić information content (AvgIpc) is 0.753.